The molecule has 0 saturated heterocycles. The zero-order valence-electron chi connectivity index (χ0n) is 12.5. The van der Waals surface area contributed by atoms with Crippen LogP contribution in [-0.4, -0.2) is 15.7 Å². The Balaban J connectivity index is 0.00000192. The minimum absolute atomic E-state index is 0. The Morgan fingerprint density at radius 1 is 1.04 bits per heavy atom. The van der Waals surface area contributed by atoms with E-state index in [1.165, 1.54) is 0 Å². The summed E-state index contributed by atoms with van der Waals surface area (Å²) < 4.78 is 1.83. The van der Waals surface area contributed by atoms with Crippen molar-refractivity contribution < 1.29 is 0 Å². The minimum Gasteiger partial charge on any atom is -0.370 e. The van der Waals surface area contributed by atoms with Crippen LogP contribution in [0.3, 0.4) is 0 Å². The summed E-state index contributed by atoms with van der Waals surface area (Å²) in [5.41, 5.74) is 8.92. The molecule has 0 spiro atoms. The monoisotopic (exact) mass is 419 g/mol. The largest absolute Gasteiger partial charge is 0.370 e. The molecule has 6 heteroatoms. The lowest BCUT2D eigenvalue weighted by molar-refractivity contribution is 0.858. The van der Waals surface area contributed by atoms with Gasteiger partial charge in [-0.15, -0.1) is 24.0 Å². The predicted octanol–water partition coefficient (Wildman–Crippen LogP) is 3.42. The van der Waals surface area contributed by atoms with Gasteiger partial charge in [0.2, 0.25) is 0 Å². The van der Waals surface area contributed by atoms with Gasteiger partial charge in [0.05, 0.1) is 12.2 Å². The molecule has 0 fully saturated rings. The molecular weight excluding hydrogens is 401 g/mol. The highest BCUT2D eigenvalue weighted by atomic mass is 127. The van der Waals surface area contributed by atoms with Crippen molar-refractivity contribution in [2.45, 2.75) is 6.54 Å². The van der Waals surface area contributed by atoms with Gasteiger partial charge in [-0.3, -0.25) is 0 Å². The summed E-state index contributed by atoms with van der Waals surface area (Å²) in [4.78, 5) is 4.40. The van der Waals surface area contributed by atoms with E-state index in [0.717, 1.165) is 16.9 Å². The first-order valence-corrected chi connectivity index (χ1v) is 7.03. The molecule has 0 saturated carbocycles. The summed E-state index contributed by atoms with van der Waals surface area (Å²) >= 11 is 0. The second kappa shape index (κ2) is 8.33. The molecular formula is C17H18IN5. The molecule has 0 amide bonds. The van der Waals surface area contributed by atoms with Crippen molar-refractivity contribution in [3.63, 3.8) is 0 Å². The molecule has 118 valence electrons. The van der Waals surface area contributed by atoms with Crippen LogP contribution in [0.2, 0.25) is 0 Å². The van der Waals surface area contributed by atoms with Gasteiger partial charge in [-0.2, -0.15) is 5.10 Å². The van der Waals surface area contributed by atoms with E-state index in [9.17, 15) is 0 Å². The standard InChI is InChI=1S/C17H17N5.HI/c18-17(21-15-8-2-1-3-9-15)19-13-14-7-4-5-10-16(14)22-12-6-11-20-22;/h1-12H,13H2,(H3,18,19,21);1H. The van der Waals surface area contributed by atoms with Crippen LogP contribution < -0.4 is 11.1 Å². The molecule has 0 aliphatic heterocycles. The van der Waals surface area contributed by atoms with Crippen molar-refractivity contribution in [1.82, 2.24) is 9.78 Å². The number of para-hydroxylation sites is 2. The van der Waals surface area contributed by atoms with Crippen LogP contribution in [0.4, 0.5) is 5.69 Å². The Morgan fingerprint density at radius 2 is 1.78 bits per heavy atom. The average molecular weight is 419 g/mol. The number of nitrogens with two attached hydrogens (primary N) is 1. The number of halogens is 1. The van der Waals surface area contributed by atoms with E-state index in [4.69, 9.17) is 5.73 Å². The number of aliphatic imine (C=N–C) groups is 1. The van der Waals surface area contributed by atoms with Gasteiger partial charge in [0, 0.05) is 18.1 Å². The maximum atomic E-state index is 5.94. The highest BCUT2D eigenvalue weighted by Crippen LogP contribution is 2.14. The van der Waals surface area contributed by atoms with Crippen LogP contribution in [0, 0.1) is 0 Å². The predicted molar refractivity (Wildman–Crippen MR) is 104 cm³/mol. The van der Waals surface area contributed by atoms with Gasteiger partial charge >= 0.3 is 0 Å². The summed E-state index contributed by atoms with van der Waals surface area (Å²) in [7, 11) is 0. The third-order valence-electron chi connectivity index (χ3n) is 3.21. The third kappa shape index (κ3) is 4.56. The van der Waals surface area contributed by atoms with Gasteiger partial charge in [0.25, 0.3) is 0 Å². The van der Waals surface area contributed by atoms with E-state index in [0.29, 0.717) is 12.5 Å². The van der Waals surface area contributed by atoms with E-state index in [-0.39, 0.29) is 24.0 Å². The molecule has 3 N–H and O–H groups in total. The van der Waals surface area contributed by atoms with Gasteiger partial charge in [0.15, 0.2) is 5.96 Å². The molecule has 1 aromatic heterocycles. The number of guanidine groups is 1. The Morgan fingerprint density at radius 3 is 2.52 bits per heavy atom. The number of anilines is 1. The van der Waals surface area contributed by atoms with Crippen molar-refractivity contribution in [1.29, 1.82) is 0 Å². The minimum atomic E-state index is 0. The maximum Gasteiger partial charge on any atom is 0.193 e. The quantitative estimate of drug-likeness (QED) is 0.387. The Hall–Kier alpha value is -2.35. The Kier molecular flexibility index (Phi) is 6.16. The first-order chi connectivity index (χ1) is 10.8. The fourth-order valence-corrected chi connectivity index (χ4v) is 2.16. The molecule has 5 nitrogen and oxygen atoms in total. The van der Waals surface area contributed by atoms with Crippen LogP contribution in [0.1, 0.15) is 5.56 Å². The molecule has 1 heterocycles. The van der Waals surface area contributed by atoms with E-state index in [1.54, 1.807) is 6.20 Å². The SMILES string of the molecule is I.NC(=NCc1ccccc1-n1cccn1)Nc1ccccc1. The number of hydrogen-bond acceptors (Lipinski definition) is 2. The zero-order chi connectivity index (χ0) is 15.2. The topological polar surface area (TPSA) is 68.2 Å². The maximum absolute atomic E-state index is 5.94. The lowest BCUT2D eigenvalue weighted by Gasteiger charge is -2.09. The smallest absolute Gasteiger partial charge is 0.193 e. The number of nitrogens with one attached hydrogen (secondary N) is 1. The van der Waals surface area contributed by atoms with Crippen LogP contribution in [0.15, 0.2) is 78.0 Å². The molecule has 0 aliphatic carbocycles. The van der Waals surface area contributed by atoms with Gasteiger partial charge < -0.3 is 11.1 Å². The average Bonchev–Trinajstić information content (AvgIpc) is 3.08. The van der Waals surface area contributed by atoms with Crippen LogP contribution >= 0.6 is 24.0 Å². The molecule has 0 aliphatic rings. The lowest BCUT2D eigenvalue weighted by atomic mass is 10.2. The van der Waals surface area contributed by atoms with E-state index in [2.05, 4.69) is 15.4 Å². The summed E-state index contributed by atoms with van der Waals surface area (Å²) in [6, 6.07) is 19.6. The summed E-state index contributed by atoms with van der Waals surface area (Å²) in [5, 5.41) is 7.34. The Labute approximate surface area is 152 Å². The summed E-state index contributed by atoms with van der Waals surface area (Å²) in [6.07, 6.45) is 3.67. The molecule has 2 aromatic carbocycles. The summed E-state index contributed by atoms with van der Waals surface area (Å²) in [5.74, 6) is 0.390. The number of benzene rings is 2. The van der Waals surface area contributed by atoms with Crippen molar-refractivity contribution >= 4 is 35.6 Å². The first-order valence-electron chi connectivity index (χ1n) is 7.03. The second-order valence-electron chi connectivity index (χ2n) is 4.77. The molecule has 3 rings (SSSR count). The number of nitrogens with zero attached hydrogens (tertiary/aromatic N) is 3. The molecule has 0 bridgehead atoms. The number of hydrogen-bond donors (Lipinski definition) is 2. The normalized spacial score (nSPS) is 10.9. The Bertz CT molecular complexity index is 754. The molecule has 0 atom stereocenters. The first kappa shape index (κ1) is 17.0. The van der Waals surface area contributed by atoms with Gasteiger partial charge in [-0.05, 0) is 29.8 Å². The van der Waals surface area contributed by atoms with E-state index < -0.39 is 0 Å². The molecule has 3 aromatic rings. The van der Waals surface area contributed by atoms with Crippen LogP contribution in [-0.2, 0) is 6.54 Å². The van der Waals surface area contributed by atoms with E-state index in [1.807, 2.05) is 71.5 Å². The highest BCUT2D eigenvalue weighted by molar-refractivity contribution is 14.0. The third-order valence-corrected chi connectivity index (χ3v) is 3.21. The zero-order valence-corrected chi connectivity index (χ0v) is 14.8. The number of aromatic nitrogens is 2. The fourth-order valence-electron chi connectivity index (χ4n) is 2.16. The summed E-state index contributed by atoms with van der Waals surface area (Å²) in [6.45, 7) is 0.488. The second-order valence-corrected chi connectivity index (χ2v) is 4.77. The van der Waals surface area contributed by atoms with Crippen LogP contribution in [0.25, 0.3) is 5.69 Å². The highest BCUT2D eigenvalue weighted by Gasteiger charge is 2.03. The fraction of sp³-hybridized carbons (Fsp3) is 0.0588. The van der Waals surface area contributed by atoms with Crippen molar-refractivity contribution in [2.24, 2.45) is 10.7 Å². The van der Waals surface area contributed by atoms with Crippen LogP contribution in [0.5, 0.6) is 0 Å². The van der Waals surface area contributed by atoms with Gasteiger partial charge in [-0.25, -0.2) is 9.67 Å². The van der Waals surface area contributed by atoms with Crippen molar-refractivity contribution in [3.8, 4) is 5.69 Å². The molecule has 23 heavy (non-hydrogen) atoms. The van der Waals surface area contributed by atoms with Gasteiger partial charge in [0.1, 0.15) is 0 Å². The van der Waals surface area contributed by atoms with Crippen molar-refractivity contribution in [3.05, 3.63) is 78.6 Å². The molecule has 0 unspecified atom stereocenters. The lowest BCUT2D eigenvalue weighted by Crippen LogP contribution is -2.22. The van der Waals surface area contributed by atoms with E-state index >= 15 is 0 Å². The number of rotatable bonds is 4. The molecule has 0 radical (unpaired) electrons. The van der Waals surface area contributed by atoms with Crippen molar-refractivity contribution in [2.75, 3.05) is 5.32 Å². The van der Waals surface area contributed by atoms with Gasteiger partial charge in [-0.1, -0.05) is 36.4 Å².